The number of hydrogen-bond acceptors (Lipinski definition) is 6. The second-order valence-corrected chi connectivity index (χ2v) is 9.73. The lowest BCUT2D eigenvalue weighted by Gasteiger charge is -2.33. The fourth-order valence-electron chi connectivity index (χ4n) is 3.65. The fourth-order valence-corrected chi connectivity index (χ4v) is 4.93. The van der Waals surface area contributed by atoms with Crippen molar-refractivity contribution in [3.8, 4) is 11.8 Å². The standard InChI is InChI=1S/C22H25N3O4S/c1-13(29-16-8-6-15(7-9-16)25(27)28)20(26)24-21-18(12-23)17-10-5-14(22(2,3)4)11-19(17)30-21/h6-9,13-14H,5,10-11H2,1-4H3,(H,24,26)/t13-,14+/m0/s1. The van der Waals surface area contributed by atoms with Gasteiger partial charge in [0, 0.05) is 17.0 Å². The molecule has 0 radical (unpaired) electrons. The molecule has 1 N–H and O–H groups in total. The van der Waals surface area contributed by atoms with Crippen molar-refractivity contribution in [1.82, 2.24) is 0 Å². The SMILES string of the molecule is C[C@H](Oc1ccc([N+](=O)[O-])cc1)C(=O)Nc1sc2c(c1C#N)CC[C@@H](C(C)(C)C)C2. The highest BCUT2D eigenvalue weighted by atomic mass is 32.1. The molecular formula is C22H25N3O4S. The highest BCUT2D eigenvalue weighted by Gasteiger charge is 2.32. The van der Waals surface area contributed by atoms with Crippen LogP contribution in [0.5, 0.6) is 5.75 Å². The van der Waals surface area contributed by atoms with Crippen LogP contribution in [0.15, 0.2) is 24.3 Å². The number of nitriles is 1. The Hall–Kier alpha value is -2.92. The number of thiophene rings is 1. The Bertz CT molecular complexity index is 999. The Balaban J connectivity index is 1.71. The van der Waals surface area contributed by atoms with E-state index in [1.165, 1.54) is 40.5 Å². The van der Waals surface area contributed by atoms with Gasteiger partial charge in [-0.2, -0.15) is 5.26 Å². The van der Waals surface area contributed by atoms with Gasteiger partial charge in [0.2, 0.25) is 0 Å². The molecule has 0 spiro atoms. The van der Waals surface area contributed by atoms with Gasteiger partial charge in [-0.15, -0.1) is 11.3 Å². The Kier molecular flexibility index (Phi) is 6.13. The zero-order valence-corrected chi connectivity index (χ0v) is 18.3. The summed E-state index contributed by atoms with van der Waals surface area (Å²) in [5.41, 5.74) is 1.77. The second-order valence-electron chi connectivity index (χ2n) is 8.63. The summed E-state index contributed by atoms with van der Waals surface area (Å²) in [5.74, 6) is 0.543. The van der Waals surface area contributed by atoms with E-state index < -0.39 is 11.0 Å². The quantitative estimate of drug-likeness (QED) is 0.529. The van der Waals surface area contributed by atoms with Gasteiger partial charge in [-0.3, -0.25) is 14.9 Å². The first kappa shape index (κ1) is 21.8. The van der Waals surface area contributed by atoms with Crippen LogP contribution in [-0.2, 0) is 17.6 Å². The van der Waals surface area contributed by atoms with E-state index in [2.05, 4.69) is 32.2 Å². The summed E-state index contributed by atoms with van der Waals surface area (Å²) in [6.07, 6.45) is 1.98. The van der Waals surface area contributed by atoms with E-state index in [1.54, 1.807) is 6.92 Å². The summed E-state index contributed by atoms with van der Waals surface area (Å²) in [7, 11) is 0. The van der Waals surface area contributed by atoms with Crippen LogP contribution in [0.2, 0.25) is 0 Å². The number of carbonyl (C=O) groups excluding carboxylic acids is 1. The van der Waals surface area contributed by atoms with Crippen LogP contribution in [0.1, 0.15) is 50.1 Å². The number of fused-ring (bicyclic) bond motifs is 1. The van der Waals surface area contributed by atoms with E-state index in [0.717, 1.165) is 24.8 Å². The Morgan fingerprint density at radius 3 is 2.60 bits per heavy atom. The van der Waals surface area contributed by atoms with Gasteiger partial charge in [-0.25, -0.2) is 0 Å². The summed E-state index contributed by atoms with van der Waals surface area (Å²) < 4.78 is 5.61. The van der Waals surface area contributed by atoms with Crippen LogP contribution >= 0.6 is 11.3 Å². The maximum absolute atomic E-state index is 12.6. The number of benzene rings is 1. The summed E-state index contributed by atoms with van der Waals surface area (Å²) in [6, 6.07) is 7.83. The molecule has 0 unspecified atom stereocenters. The monoisotopic (exact) mass is 427 g/mol. The molecule has 1 amide bonds. The molecule has 1 aliphatic carbocycles. The van der Waals surface area contributed by atoms with Crippen molar-refractivity contribution in [1.29, 1.82) is 5.26 Å². The molecule has 30 heavy (non-hydrogen) atoms. The average molecular weight is 428 g/mol. The smallest absolute Gasteiger partial charge is 0.269 e. The number of amides is 1. The molecule has 8 heteroatoms. The van der Waals surface area contributed by atoms with Crippen LogP contribution in [0.4, 0.5) is 10.7 Å². The Morgan fingerprint density at radius 1 is 1.37 bits per heavy atom. The van der Waals surface area contributed by atoms with Crippen molar-refractivity contribution in [3.05, 3.63) is 50.4 Å². The topological polar surface area (TPSA) is 105 Å². The van der Waals surface area contributed by atoms with Gasteiger partial charge in [-0.05, 0) is 55.2 Å². The van der Waals surface area contributed by atoms with Crippen LogP contribution < -0.4 is 10.1 Å². The van der Waals surface area contributed by atoms with E-state index in [4.69, 9.17) is 4.74 Å². The molecule has 1 heterocycles. The number of ether oxygens (including phenoxy) is 1. The molecule has 1 aliphatic rings. The molecule has 1 aromatic carbocycles. The van der Waals surface area contributed by atoms with E-state index in [1.807, 2.05) is 0 Å². The fraction of sp³-hybridized carbons (Fsp3) is 0.455. The lowest BCUT2D eigenvalue weighted by Crippen LogP contribution is -2.30. The van der Waals surface area contributed by atoms with Gasteiger partial charge in [0.25, 0.3) is 11.6 Å². The van der Waals surface area contributed by atoms with Crippen molar-refractivity contribution < 1.29 is 14.5 Å². The number of rotatable bonds is 5. The third kappa shape index (κ3) is 4.62. The highest BCUT2D eigenvalue weighted by molar-refractivity contribution is 7.16. The van der Waals surface area contributed by atoms with E-state index in [0.29, 0.717) is 22.2 Å². The summed E-state index contributed by atoms with van der Waals surface area (Å²) >= 11 is 1.48. The maximum atomic E-state index is 12.6. The zero-order valence-electron chi connectivity index (χ0n) is 17.5. The molecule has 7 nitrogen and oxygen atoms in total. The van der Waals surface area contributed by atoms with Gasteiger partial charge >= 0.3 is 0 Å². The molecule has 1 aromatic heterocycles. The molecular weight excluding hydrogens is 402 g/mol. The normalized spacial score (nSPS) is 16.8. The molecule has 0 saturated heterocycles. The molecule has 3 rings (SSSR count). The van der Waals surface area contributed by atoms with Crippen molar-refractivity contribution in [2.45, 2.75) is 53.1 Å². The first-order valence-electron chi connectivity index (χ1n) is 9.86. The molecule has 158 valence electrons. The molecule has 0 bridgehead atoms. The number of nitro groups is 1. The van der Waals surface area contributed by atoms with Crippen LogP contribution in [-0.4, -0.2) is 16.9 Å². The number of carbonyl (C=O) groups is 1. The summed E-state index contributed by atoms with van der Waals surface area (Å²) in [4.78, 5) is 24.1. The summed E-state index contributed by atoms with van der Waals surface area (Å²) in [5, 5.41) is 23.8. The minimum atomic E-state index is -0.820. The van der Waals surface area contributed by atoms with Gasteiger partial charge in [0.1, 0.15) is 16.8 Å². The first-order chi connectivity index (χ1) is 14.1. The van der Waals surface area contributed by atoms with Gasteiger partial charge in [-0.1, -0.05) is 20.8 Å². The van der Waals surface area contributed by atoms with Gasteiger partial charge in [0.05, 0.1) is 10.5 Å². The number of nitrogens with zero attached hydrogens (tertiary/aromatic N) is 2. The van der Waals surface area contributed by atoms with Gasteiger partial charge in [0.15, 0.2) is 6.10 Å². The number of anilines is 1. The summed E-state index contributed by atoms with van der Waals surface area (Å²) in [6.45, 7) is 8.32. The van der Waals surface area contributed by atoms with Crippen molar-refractivity contribution in [3.63, 3.8) is 0 Å². The molecule has 2 atom stereocenters. The minimum Gasteiger partial charge on any atom is -0.481 e. The van der Waals surface area contributed by atoms with Crippen LogP contribution in [0.3, 0.4) is 0 Å². The number of hydrogen-bond donors (Lipinski definition) is 1. The number of non-ortho nitro benzene ring substituents is 1. The lowest BCUT2D eigenvalue weighted by atomic mass is 9.72. The van der Waals surface area contributed by atoms with Crippen LogP contribution in [0.25, 0.3) is 0 Å². The highest BCUT2D eigenvalue weighted by Crippen LogP contribution is 2.44. The number of nitrogens with one attached hydrogen (secondary N) is 1. The van der Waals surface area contributed by atoms with Crippen molar-refractivity contribution in [2.75, 3.05) is 5.32 Å². The zero-order chi connectivity index (χ0) is 22.1. The lowest BCUT2D eigenvalue weighted by molar-refractivity contribution is -0.384. The largest absolute Gasteiger partial charge is 0.481 e. The van der Waals surface area contributed by atoms with E-state index in [9.17, 15) is 20.2 Å². The van der Waals surface area contributed by atoms with Crippen molar-refractivity contribution >= 4 is 27.9 Å². The molecule has 0 aliphatic heterocycles. The molecule has 2 aromatic rings. The Morgan fingerprint density at radius 2 is 2.03 bits per heavy atom. The van der Waals surface area contributed by atoms with Gasteiger partial charge < -0.3 is 10.1 Å². The van der Waals surface area contributed by atoms with Crippen LogP contribution in [0, 0.1) is 32.8 Å². The minimum absolute atomic E-state index is 0.0455. The maximum Gasteiger partial charge on any atom is 0.269 e. The third-order valence-electron chi connectivity index (χ3n) is 5.57. The molecule has 0 fully saturated rings. The molecule has 0 saturated carbocycles. The predicted octanol–water partition coefficient (Wildman–Crippen LogP) is 5.08. The Labute approximate surface area is 179 Å². The predicted molar refractivity (Wildman–Crippen MR) is 116 cm³/mol. The second kappa shape index (κ2) is 8.44. The van der Waals surface area contributed by atoms with Crippen molar-refractivity contribution in [2.24, 2.45) is 11.3 Å². The van der Waals surface area contributed by atoms with E-state index >= 15 is 0 Å². The van der Waals surface area contributed by atoms with E-state index in [-0.39, 0.29) is 17.0 Å². The third-order valence-corrected chi connectivity index (χ3v) is 6.74. The number of nitro benzene ring substituents is 1. The average Bonchev–Trinajstić information content (AvgIpc) is 3.03. The first-order valence-corrected chi connectivity index (χ1v) is 10.7.